The second-order valence-electron chi connectivity index (χ2n) is 6.18. The van der Waals surface area contributed by atoms with Gasteiger partial charge in [0.2, 0.25) is 0 Å². The molecule has 1 atom stereocenters. The highest BCUT2D eigenvalue weighted by molar-refractivity contribution is 5.95. The van der Waals surface area contributed by atoms with Gasteiger partial charge in [0.25, 0.3) is 5.91 Å². The quantitative estimate of drug-likeness (QED) is 0.931. The summed E-state index contributed by atoms with van der Waals surface area (Å²) in [7, 11) is 0. The van der Waals surface area contributed by atoms with Crippen LogP contribution in [0, 0.1) is 5.92 Å². The third kappa shape index (κ3) is 4.32. The Hall–Kier alpha value is -2.95. The molecule has 2 heterocycles. The van der Waals surface area contributed by atoms with Crippen molar-refractivity contribution in [1.29, 1.82) is 0 Å². The van der Waals surface area contributed by atoms with E-state index < -0.39 is 11.9 Å². The van der Waals surface area contributed by atoms with Gasteiger partial charge in [0.05, 0.1) is 11.5 Å². The molecule has 0 radical (unpaired) electrons. The molecule has 1 fully saturated rings. The summed E-state index contributed by atoms with van der Waals surface area (Å²) in [6.07, 6.45) is 8.45. The minimum Gasteiger partial charge on any atom is -0.481 e. The van der Waals surface area contributed by atoms with Crippen LogP contribution in [0.25, 0.3) is 12.2 Å². The first-order valence-electron chi connectivity index (χ1n) is 8.34. The number of piperidine rings is 1. The summed E-state index contributed by atoms with van der Waals surface area (Å²) in [5.41, 5.74) is 2.39. The first-order chi connectivity index (χ1) is 12.1. The fourth-order valence-electron chi connectivity index (χ4n) is 2.97. The number of carboxylic acid groups (broad SMARTS) is 1. The van der Waals surface area contributed by atoms with Crippen molar-refractivity contribution in [2.75, 3.05) is 13.1 Å². The summed E-state index contributed by atoms with van der Waals surface area (Å²) in [6.45, 7) is 0.852. The van der Waals surface area contributed by atoms with Gasteiger partial charge in [-0.1, -0.05) is 42.5 Å². The van der Waals surface area contributed by atoms with Crippen molar-refractivity contribution >= 4 is 24.0 Å². The van der Waals surface area contributed by atoms with Gasteiger partial charge in [0, 0.05) is 25.5 Å². The third-order valence-electron chi connectivity index (χ3n) is 4.33. The zero-order valence-electron chi connectivity index (χ0n) is 13.8. The van der Waals surface area contributed by atoms with Gasteiger partial charge in [-0.25, -0.2) is 0 Å². The Balaban J connectivity index is 1.73. The lowest BCUT2D eigenvalue weighted by Crippen LogP contribution is -2.42. The molecule has 3 rings (SSSR count). The maximum Gasteiger partial charge on any atom is 0.308 e. The maximum atomic E-state index is 12.7. The number of aromatic nitrogens is 1. The first kappa shape index (κ1) is 16.9. The third-order valence-corrected chi connectivity index (χ3v) is 4.33. The van der Waals surface area contributed by atoms with Crippen molar-refractivity contribution in [1.82, 2.24) is 9.88 Å². The molecule has 5 nitrogen and oxygen atoms in total. The molecule has 1 aliphatic heterocycles. The lowest BCUT2D eigenvalue weighted by Gasteiger charge is -2.30. The van der Waals surface area contributed by atoms with E-state index in [-0.39, 0.29) is 12.5 Å². The number of carbonyl (C=O) groups excluding carboxylic acids is 1. The van der Waals surface area contributed by atoms with Crippen molar-refractivity contribution in [3.63, 3.8) is 0 Å². The summed E-state index contributed by atoms with van der Waals surface area (Å²) < 4.78 is 0. The Morgan fingerprint density at radius 1 is 1.12 bits per heavy atom. The number of benzene rings is 1. The van der Waals surface area contributed by atoms with E-state index in [1.54, 1.807) is 17.2 Å². The Kier molecular flexibility index (Phi) is 5.23. The van der Waals surface area contributed by atoms with Crippen LogP contribution in [0.1, 0.15) is 34.3 Å². The number of carboxylic acids is 1. The van der Waals surface area contributed by atoms with E-state index in [0.29, 0.717) is 24.9 Å². The van der Waals surface area contributed by atoms with Gasteiger partial charge in [0.15, 0.2) is 0 Å². The first-order valence-corrected chi connectivity index (χ1v) is 8.34. The van der Waals surface area contributed by atoms with Gasteiger partial charge >= 0.3 is 5.97 Å². The number of pyridine rings is 1. The van der Waals surface area contributed by atoms with Gasteiger partial charge in [-0.2, -0.15) is 0 Å². The van der Waals surface area contributed by atoms with E-state index in [9.17, 15) is 14.7 Å². The number of aliphatic carboxylic acids is 1. The van der Waals surface area contributed by atoms with Crippen LogP contribution in [0.4, 0.5) is 0 Å². The van der Waals surface area contributed by atoms with Crippen LogP contribution in [0.3, 0.4) is 0 Å². The summed E-state index contributed by atoms with van der Waals surface area (Å²) in [6, 6.07) is 11.7. The molecule has 5 heteroatoms. The number of rotatable bonds is 4. The standard InChI is InChI=1S/C20H20N2O3/c23-19(22-10-4-7-17(14-22)20(24)25)18-11-16(12-21-13-18)9-8-15-5-2-1-3-6-15/h1-3,5-6,8-9,11-13,17H,4,7,10,14H2,(H,24,25). The van der Waals surface area contributed by atoms with E-state index >= 15 is 0 Å². The maximum absolute atomic E-state index is 12.7. The van der Waals surface area contributed by atoms with Gasteiger partial charge in [0.1, 0.15) is 0 Å². The molecular formula is C20H20N2O3. The van der Waals surface area contributed by atoms with Crippen molar-refractivity contribution in [2.45, 2.75) is 12.8 Å². The van der Waals surface area contributed by atoms with Crippen LogP contribution in [-0.2, 0) is 4.79 Å². The van der Waals surface area contributed by atoms with Gasteiger partial charge in [-0.3, -0.25) is 14.6 Å². The number of hydrogen-bond donors (Lipinski definition) is 1. The molecule has 0 spiro atoms. The molecule has 1 aliphatic rings. The predicted molar refractivity (Wildman–Crippen MR) is 95.9 cm³/mol. The average Bonchev–Trinajstić information content (AvgIpc) is 2.67. The minimum atomic E-state index is -0.838. The highest BCUT2D eigenvalue weighted by atomic mass is 16.4. The summed E-state index contributed by atoms with van der Waals surface area (Å²) in [5.74, 6) is -1.48. The molecule has 25 heavy (non-hydrogen) atoms. The molecule has 1 aromatic heterocycles. The fourth-order valence-corrected chi connectivity index (χ4v) is 2.97. The largest absolute Gasteiger partial charge is 0.481 e. The van der Waals surface area contributed by atoms with Crippen molar-refractivity contribution < 1.29 is 14.7 Å². The summed E-state index contributed by atoms with van der Waals surface area (Å²) >= 11 is 0. The zero-order chi connectivity index (χ0) is 17.6. The second-order valence-corrected chi connectivity index (χ2v) is 6.18. The lowest BCUT2D eigenvalue weighted by molar-refractivity contribution is -0.143. The van der Waals surface area contributed by atoms with Crippen molar-refractivity contribution in [2.24, 2.45) is 5.92 Å². The second kappa shape index (κ2) is 7.75. The van der Waals surface area contributed by atoms with E-state index in [1.165, 1.54) is 6.20 Å². The highest BCUT2D eigenvalue weighted by Gasteiger charge is 2.28. The summed E-state index contributed by atoms with van der Waals surface area (Å²) in [4.78, 5) is 29.6. The number of likely N-dealkylation sites (tertiary alicyclic amines) is 1. The number of hydrogen-bond acceptors (Lipinski definition) is 3. The van der Waals surface area contributed by atoms with Gasteiger partial charge in [-0.15, -0.1) is 0 Å². The van der Waals surface area contributed by atoms with E-state index in [0.717, 1.165) is 11.1 Å². The monoisotopic (exact) mass is 336 g/mol. The van der Waals surface area contributed by atoms with Crippen LogP contribution >= 0.6 is 0 Å². The average molecular weight is 336 g/mol. The molecular weight excluding hydrogens is 316 g/mol. The lowest BCUT2D eigenvalue weighted by atomic mass is 9.97. The molecule has 0 saturated carbocycles. The van der Waals surface area contributed by atoms with Crippen LogP contribution in [0.2, 0.25) is 0 Å². The Bertz CT molecular complexity index is 787. The minimum absolute atomic E-state index is 0.159. The molecule has 1 amide bonds. The molecule has 1 aromatic carbocycles. The molecule has 0 aliphatic carbocycles. The Morgan fingerprint density at radius 2 is 1.88 bits per heavy atom. The zero-order valence-corrected chi connectivity index (χ0v) is 13.8. The number of amides is 1. The van der Waals surface area contributed by atoms with E-state index in [2.05, 4.69) is 4.98 Å². The molecule has 2 aromatic rings. The Morgan fingerprint density at radius 3 is 2.64 bits per heavy atom. The van der Waals surface area contributed by atoms with Crippen LogP contribution < -0.4 is 0 Å². The van der Waals surface area contributed by atoms with E-state index in [1.807, 2.05) is 42.5 Å². The Labute approximate surface area is 146 Å². The highest BCUT2D eigenvalue weighted by Crippen LogP contribution is 2.19. The molecule has 1 unspecified atom stereocenters. The fraction of sp³-hybridized carbons (Fsp3) is 0.250. The topological polar surface area (TPSA) is 70.5 Å². The predicted octanol–water partition coefficient (Wildman–Crippen LogP) is 3.19. The normalized spacial score (nSPS) is 17.6. The van der Waals surface area contributed by atoms with Crippen molar-refractivity contribution in [3.05, 3.63) is 65.5 Å². The number of carbonyl (C=O) groups is 2. The van der Waals surface area contributed by atoms with Crippen LogP contribution in [-0.4, -0.2) is 40.0 Å². The van der Waals surface area contributed by atoms with E-state index in [4.69, 9.17) is 0 Å². The number of nitrogens with zero attached hydrogens (tertiary/aromatic N) is 2. The molecule has 1 N–H and O–H groups in total. The summed E-state index contributed by atoms with van der Waals surface area (Å²) in [5, 5.41) is 9.17. The molecule has 128 valence electrons. The smallest absolute Gasteiger partial charge is 0.308 e. The van der Waals surface area contributed by atoms with Crippen LogP contribution in [0.5, 0.6) is 0 Å². The van der Waals surface area contributed by atoms with Crippen LogP contribution in [0.15, 0.2) is 48.8 Å². The van der Waals surface area contributed by atoms with Crippen molar-refractivity contribution in [3.8, 4) is 0 Å². The molecule has 0 bridgehead atoms. The SMILES string of the molecule is O=C(O)C1CCCN(C(=O)c2cncc(C=Cc3ccccc3)c2)C1. The van der Waals surface area contributed by atoms with Gasteiger partial charge < -0.3 is 10.0 Å². The van der Waals surface area contributed by atoms with Gasteiger partial charge in [-0.05, 0) is 30.0 Å². The molecule has 1 saturated heterocycles.